The molecule has 16 rings (SSSR count). The summed E-state index contributed by atoms with van der Waals surface area (Å²) in [6.45, 7) is 34.6. The number of hydrogen-bond donors (Lipinski definition) is 4. The average Bonchev–Trinajstić information content (AvgIpc) is 1.42. The van der Waals surface area contributed by atoms with Crippen LogP contribution in [-0.2, 0) is 99.6 Å². The summed E-state index contributed by atoms with van der Waals surface area (Å²) in [5.41, 5.74) is 29.6. The zero-order valence-electron chi connectivity index (χ0n) is 77.5. The number of rotatable bonds is 14. The topological polar surface area (TPSA) is 239 Å². The van der Waals surface area contributed by atoms with Gasteiger partial charge in [0.2, 0.25) is 0 Å². The molecule has 4 radical (unpaired) electrons. The Labute approximate surface area is 823 Å². The fourth-order valence-electron chi connectivity index (χ4n) is 14.1. The number of methoxy groups -OCH3 is 2. The SMILES string of the molecule is CC(=O)C=C(C)O.CC(=O)C=C(C)O.CC(=O)C=C(C)O.CC(=O)C=C(C)O.COc1cc2cc(C)c(-n3cccc3)cc2nc1-c1[c-]c(C)cc(C)c1.COc1cc[c-]c(-c2ccc3cc(C)c(-n4cccc4)cc3n2)c1.Cc1[c-]c(-c2nc3cc(-n4cccc4)c(C)cc3cc2C)cc(C)c1.Cc1c[c-]c(-c2ccc3cc(C)c(-n4cccc4)cc3n2)cc1C.[Ir].[Ir].[Ir].[Ir]. The van der Waals surface area contributed by atoms with Crippen LogP contribution in [0.3, 0.4) is 0 Å². The van der Waals surface area contributed by atoms with E-state index < -0.39 is 0 Å². The van der Waals surface area contributed by atoms with Gasteiger partial charge in [0, 0.05) is 194 Å². The quantitative estimate of drug-likeness (QED) is 0.0450. The van der Waals surface area contributed by atoms with Crippen molar-refractivity contribution in [1.29, 1.82) is 0 Å². The number of hydrogen-bond acceptors (Lipinski definition) is 14. The predicted molar refractivity (Wildman–Crippen MR) is 515 cm³/mol. The van der Waals surface area contributed by atoms with Crippen LogP contribution in [0.2, 0.25) is 0 Å². The molecule has 0 atom stereocenters. The molecule has 18 nitrogen and oxygen atoms in total. The van der Waals surface area contributed by atoms with Gasteiger partial charge in [-0.3, -0.25) is 39.1 Å². The summed E-state index contributed by atoms with van der Waals surface area (Å²) in [4.78, 5) is 59.7. The van der Waals surface area contributed by atoms with Crippen molar-refractivity contribution >= 4 is 66.7 Å². The summed E-state index contributed by atoms with van der Waals surface area (Å²) in [6.07, 6.45) is 21.1. The number of ketones is 4. The normalized spacial score (nSPS) is 10.8. The van der Waals surface area contributed by atoms with E-state index >= 15 is 0 Å². The molecule has 0 aliphatic carbocycles. The van der Waals surface area contributed by atoms with Gasteiger partial charge in [-0.1, -0.05) is 77.4 Å². The van der Waals surface area contributed by atoms with Gasteiger partial charge in [-0.05, 0) is 249 Å². The molecule has 0 saturated heterocycles. The minimum atomic E-state index is -0.125. The molecule has 0 fully saturated rings. The van der Waals surface area contributed by atoms with E-state index in [4.69, 9.17) is 49.8 Å². The van der Waals surface area contributed by atoms with Crippen molar-refractivity contribution in [2.24, 2.45) is 0 Å². The number of aryl methyl sites for hydroxylation is 11. The van der Waals surface area contributed by atoms with Crippen LogP contribution in [0.5, 0.6) is 11.5 Å². The van der Waals surface area contributed by atoms with Crippen LogP contribution in [0.4, 0.5) is 0 Å². The number of aromatic nitrogens is 8. The van der Waals surface area contributed by atoms with E-state index in [2.05, 4.69) is 265 Å². The molecule has 16 aromatic rings. The van der Waals surface area contributed by atoms with Gasteiger partial charge < -0.3 is 48.2 Å². The average molecular weight is 2460 g/mol. The molecule has 0 aliphatic heterocycles. The third kappa shape index (κ3) is 32.3. The maximum absolute atomic E-state index is 10.0. The van der Waals surface area contributed by atoms with E-state index in [0.29, 0.717) is 0 Å². The zero-order chi connectivity index (χ0) is 92.5. The Hall–Kier alpha value is -12.4. The molecule has 0 saturated carbocycles. The maximum atomic E-state index is 10.0. The van der Waals surface area contributed by atoms with Crippen LogP contribution in [0.25, 0.3) is 111 Å². The van der Waals surface area contributed by atoms with Crippen molar-refractivity contribution < 1.29 is 129 Å². The van der Waals surface area contributed by atoms with Gasteiger partial charge in [0.15, 0.2) is 23.1 Å². The molecular weight excluding hydrogens is 2350 g/mol. The fraction of sp³-hybridized carbons (Fsp3) is 0.193. The maximum Gasteiger partial charge on any atom is 0.155 e. The molecule has 8 aromatic heterocycles. The molecule has 8 heterocycles. The number of benzene rings is 8. The Kier molecular flexibility index (Phi) is 43.1. The summed E-state index contributed by atoms with van der Waals surface area (Å²) in [5, 5.41) is 38.0. The third-order valence-electron chi connectivity index (χ3n) is 19.6. The number of aliphatic hydroxyl groups is 4. The van der Waals surface area contributed by atoms with Crippen molar-refractivity contribution in [1.82, 2.24) is 38.2 Å². The zero-order valence-corrected chi connectivity index (χ0v) is 87.1. The first-order valence-electron chi connectivity index (χ1n) is 41.3. The molecule has 131 heavy (non-hydrogen) atoms. The van der Waals surface area contributed by atoms with Crippen LogP contribution in [0.15, 0.2) is 285 Å². The first-order chi connectivity index (χ1) is 60.4. The summed E-state index contributed by atoms with van der Waals surface area (Å²) in [7, 11) is 3.36. The molecule has 0 spiro atoms. The Bertz CT molecular complexity index is 6560. The first-order valence-corrected chi connectivity index (χ1v) is 41.3. The predicted octanol–water partition coefficient (Wildman–Crippen LogP) is 25.5. The molecular formula is C109H110Ir4N8O10-4. The molecule has 0 bridgehead atoms. The van der Waals surface area contributed by atoms with E-state index in [9.17, 15) is 19.2 Å². The van der Waals surface area contributed by atoms with E-state index in [1.165, 1.54) is 147 Å². The molecule has 22 heteroatoms. The summed E-state index contributed by atoms with van der Waals surface area (Å²) >= 11 is 0. The number of nitrogens with zero attached hydrogens (tertiary/aromatic N) is 8. The molecule has 4 N–H and O–H groups in total. The van der Waals surface area contributed by atoms with Gasteiger partial charge in [-0.2, -0.15) is 0 Å². The Morgan fingerprint density at radius 1 is 0.321 bits per heavy atom. The number of carbonyl (C=O) groups is 4. The van der Waals surface area contributed by atoms with Crippen molar-refractivity contribution in [3.05, 3.63) is 370 Å². The second-order valence-corrected chi connectivity index (χ2v) is 31.2. The van der Waals surface area contributed by atoms with Gasteiger partial charge in [-0.15, -0.1) is 134 Å². The molecule has 0 unspecified atom stereocenters. The van der Waals surface area contributed by atoms with E-state index in [1.54, 1.807) is 14.2 Å². The van der Waals surface area contributed by atoms with Gasteiger partial charge in [0.25, 0.3) is 0 Å². The third-order valence-corrected chi connectivity index (χ3v) is 19.6. The minimum Gasteiger partial charge on any atom is -0.516 e. The Morgan fingerprint density at radius 3 is 0.962 bits per heavy atom. The van der Waals surface area contributed by atoms with Gasteiger partial charge in [-0.25, -0.2) is 0 Å². The van der Waals surface area contributed by atoms with Crippen molar-refractivity contribution in [3.8, 4) is 79.3 Å². The number of carbonyl (C=O) groups excluding carboxylic acids is 4. The standard InChI is InChI=1S/C23H21N2O.C23H21N2.C22H19N2.C21H17N2O.4C5H8O2.4Ir/c1-15-9-16(2)11-19(10-15)23-22(26-4)13-18-12-17(3)21(14-20(18)24-23)25-7-5-6-8-25;1-15-9-16(2)11-20(10-15)23-18(4)13-19-12-17(3)22(14-21(19)24-23)25-7-5-6-8-25;1-15-6-7-18(12-16(15)2)20-9-8-19-13-17(3)22(14-21(19)23-20)24-10-4-5-11-24;1-15-12-17-8-9-19(16-6-5-7-18(13-16)24-2)22-20(17)14-21(15)23-10-3-4-11-23;4*1-4(6)3-5(2)7;;;;/h5-10,12-14H,1-4H3;5-10,12-14H,1-4H3;4-6,8-14H,1-3H3;3-5,7-14H,1-2H3;4*3,6H,1-2H3;;;;/q4*-1;;;;;;;;. The van der Waals surface area contributed by atoms with Crippen molar-refractivity contribution in [2.75, 3.05) is 14.2 Å². The van der Waals surface area contributed by atoms with Crippen LogP contribution in [0.1, 0.15) is 117 Å². The summed E-state index contributed by atoms with van der Waals surface area (Å²) < 4.78 is 19.4. The van der Waals surface area contributed by atoms with Crippen LogP contribution in [-0.4, -0.2) is 96.0 Å². The van der Waals surface area contributed by atoms with Crippen LogP contribution in [0, 0.1) is 100 Å². The van der Waals surface area contributed by atoms with E-state index in [1.807, 2.05) is 91.3 Å². The first kappa shape index (κ1) is 109. The molecule has 0 amide bonds. The smallest absolute Gasteiger partial charge is 0.155 e. The second-order valence-electron chi connectivity index (χ2n) is 31.2. The molecule has 8 aromatic carbocycles. The van der Waals surface area contributed by atoms with Gasteiger partial charge >= 0.3 is 0 Å². The second kappa shape index (κ2) is 51.8. The van der Waals surface area contributed by atoms with Crippen molar-refractivity contribution in [3.63, 3.8) is 0 Å². The van der Waals surface area contributed by atoms with Crippen LogP contribution >= 0.6 is 0 Å². The van der Waals surface area contributed by atoms with Crippen molar-refractivity contribution in [2.45, 2.75) is 132 Å². The number of fused-ring (bicyclic) bond motifs is 4. The van der Waals surface area contributed by atoms with E-state index in [-0.39, 0.29) is 127 Å². The largest absolute Gasteiger partial charge is 0.516 e. The summed E-state index contributed by atoms with van der Waals surface area (Å²) in [6, 6.07) is 78.2. The number of ether oxygens (including phenoxy) is 2. The Morgan fingerprint density at radius 2 is 0.641 bits per heavy atom. The molecule has 0 aliphatic rings. The number of allylic oxidation sites excluding steroid dienone is 8. The van der Waals surface area contributed by atoms with Gasteiger partial charge in [0.1, 0.15) is 5.75 Å². The fourth-order valence-corrected chi connectivity index (χ4v) is 14.1. The number of pyridine rings is 4. The van der Waals surface area contributed by atoms with Crippen LogP contribution < -0.4 is 9.47 Å². The number of aliphatic hydroxyl groups excluding tert-OH is 4. The monoisotopic (exact) mass is 2460 g/mol. The van der Waals surface area contributed by atoms with Gasteiger partial charge in [0.05, 0.1) is 59.3 Å². The Balaban J connectivity index is 0.000000279. The molecule has 686 valence electrons. The minimum absolute atomic E-state index is 0. The summed E-state index contributed by atoms with van der Waals surface area (Å²) in [5.74, 6) is 1.33. The van der Waals surface area contributed by atoms with E-state index in [0.717, 1.165) is 117 Å².